The highest BCUT2D eigenvalue weighted by atomic mass is 32.1. The molecule has 2 amide bonds. The fourth-order valence-corrected chi connectivity index (χ4v) is 2.95. The average molecular weight is 353 g/mol. The first-order chi connectivity index (χ1) is 11.9. The molecule has 1 N–H and O–H groups in total. The van der Waals surface area contributed by atoms with E-state index in [0.717, 1.165) is 5.69 Å². The molecule has 1 aromatic heterocycles. The van der Waals surface area contributed by atoms with Gasteiger partial charge in [-0.05, 0) is 54.0 Å². The van der Waals surface area contributed by atoms with E-state index in [1.54, 1.807) is 6.08 Å². The molecular weight excluding hydrogens is 334 g/mol. The number of anilines is 1. The Balaban J connectivity index is 1.98. The van der Waals surface area contributed by atoms with Crippen molar-refractivity contribution in [3.05, 3.63) is 59.4 Å². The van der Waals surface area contributed by atoms with Crippen LogP contribution in [0, 0.1) is 0 Å². The van der Waals surface area contributed by atoms with Gasteiger partial charge in [0.1, 0.15) is 5.57 Å². The molecule has 0 spiro atoms. The Morgan fingerprint density at radius 3 is 2.36 bits per heavy atom. The number of nitrogens with zero attached hydrogens (tertiary/aromatic N) is 2. The highest BCUT2D eigenvalue weighted by Crippen LogP contribution is 2.24. The number of nitrogens with one attached hydrogen (secondary N) is 1. The van der Waals surface area contributed by atoms with Gasteiger partial charge in [0, 0.05) is 18.9 Å². The van der Waals surface area contributed by atoms with E-state index < -0.39 is 11.8 Å². The number of aryl methyl sites for hydroxylation is 1. The first-order valence-electron chi connectivity index (χ1n) is 8.01. The maximum absolute atomic E-state index is 12.9. The van der Waals surface area contributed by atoms with Crippen molar-refractivity contribution in [2.45, 2.75) is 19.8 Å². The Labute approximate surface area is 151 Å². The minimum absolute atomic E-state index is 0.0586. The summed E-state index contributed by atoms with van der Waals surface area (Å²) >= 11 is 5.22. The molecule has 6 heteroatoms. The smallest absolute Gasteiger partial charge is 0.270 e. The highest BCUT2D eigenvalue weighted by Gasteiger charge is 2.34. The lowest BCUT2D eigenvalue weighted by molar-refractivity contribution is -0.122. The Morgan fingerprint density at radius 1 is 1.12 bits per heavy atom. The Morgan fingerprint density at radius 2 is 1.80 bits per heavy atom. The van der Waals surface area contributed by atoms with Crippen molar-refractivity contribution in [2.75, 3.05) is 4.90 Å². The van der Waals surface area contributed by atoms with Gasteiger partial charge in [0.25, 0.3) is 11.8 Å². The summed E-state index contributed by atoms with van der Waals surface area (Å²) in [5, 5.41) is 2.69. The predicted octanol–water partition coefficient (Wildman–Crippen LogP) is 2.98. The van der Waals surface area contributed by atoms with Crippen LogP contribution in [-0.4, -0.2) is 21.5 Å². The summed E-state index contributed by atoms with van der Waals surface area (Å²) in [6.45, 7) is 4.21. The van der Waals surface area contributed by atoms with Crippen molar-refractivity contribution < 1.29 is 9.59 Å². The van der Waals surface area contributed by atoms with Gasteiger partial charge in [-0.3, -0.25) is 19.8 Å². The largest absolute Gasteiger partial charge is 0.351 e. The molecule has 3 rings (SSSR count). The van der Waals surface area contributed by atoms with Gasteiger partial charge in [-0.15, -0.1) is 0 Å². The van der Waals surface area contributed by atoms with Crippen molar-refractivity contribution in [3.8, 4) is 0 Å². The van der Waals surface area contributed by atoms with E-state index in [1.807, 2.05) is 54.2 Å². The van der Waals surface area contributed by atoms with Gasteiger partial charge in [0.05, 0.1) is 5.69 Å². The number of rotatable bonds is 3. The Kier molecular flexibility index (Phi) is 4.55. The zero-order valence-corrected chi connectivity index (χ0v) is 15.1. The number of hydrogen-bond acceptors (Lipinski definition) is 3. The lowest BCUT2D eigenvalue weighted by atomic mass is 10.0. The molecule has 1 aliphatic heterocycles. The minimum atomic E-state index is -0.480. The molecule has 0 aliphatic carbocycles. The van der Waals surface area contributed by atoms with E-state index in [-0.39, 0.29) is 10.7 Å². The van der Waals surface area contributed by atoms with E-state index in [0.29, 0.717) is 11.6 Å². The number of carbonyl (C=O) groups excluding carboxylic acids is 2. The van der Waals surface area contributed by atoms with Gasteiger partial charge in [0.15, 0.2) is 5.11 Å². The first kappa shape index (κ1) is 17.1. The average Bonchev–Trinajstić information content (AvgIpc) is 2.96. The lowest BCUT2D eigenvalue weighted by Crippen LogP contribution is -2.54. The van der Waals surface area contributed by atoms with Crippen LogP contribution in [0.5, 0.6) is 0 Å². The molecule has 1 saturated heterocycles. The maximum Gasteiger partial charge on any atom is 0.270 e. The molecule has 0 saturated carbocycles. The van der Waals surface area contributed by atoms with Crippen LogP contribution in [0.2, 0.25) is 0 Å². The quantitative estimate of drug-likeness (QED) is 0.524. The van der Waals surface area contributed by atoms with Crippen LogP contribution in [0.25, 0.3) is 6.08 Å². The maximum atomic E-state index is 12.9. The van der Waals surface area contributed by atoms with Crippen molar-refractivity contribution in [1.82, 2.24) is 9.88 Å². The first-order valence-corrected chi connectivity index (χ1v) is 8.42. The molecule has 128 valence electrons. The normalized spacial score (nSPS) is 16.7. The molecule has 0 bridgehead atoms. The second-order valence-electron chi connectivity index (χ2n) is 6.25. The Hall–Kier alpha value is -2.73. The van der Waals surface area contributed by atoms with Gasteiger partial charge in [-0.1, -0.05) is 26.0 Å². The molecule has 0 unspecified atom stereocenters. The number of hydrogen-bond donors (Lipinski definition) is 1. The van der Waals surface area contributed by atoms with E-state index in [4.69, 9.17) is 12.2 Å². The summed E-state index contributed by atoms with van der Waals surface area (Å²) in [7, 11) is 1.85. The van der Waals surface area contributed by atoms with Crippen LogP contribution in [0.1, 0.15) is 31.0 Å². The zero-order chi connectivity index (χ0) is 18.1. The topological polar surface area (TPSA) is 54.3 Å². The molecule has 0 atom stereocenters. The molecule has 1 aliphatic rings. The third kappa shape index (κ3) is 3.25. The Bertz CT molecular complexity index is 878. The molecule has 25 heavy (non-hydrogen) atoms. The molecule has 1 fully saturated rings. The lowest BCUT2D eigenvalue weighted by Gasteiger charge is -2.29. The van der Waals surface area contributed by atoms with Gasteiger partial charge in [0.2, 0.25) is 0 Å². The SMILES string of the molecule is CC(C)c1ccc(N2C(=O)/C(=C/c3cccn3C)C(=O)NC2=S)cc1. The monoisotopic (exact) mass is 353 g/mol. The standard InChI is InChI=1S/C19H19N3O2S/c1-12(2)13-6-8-14(9-7-13)22-18(24)16(17(23)20-19(22)25)11-15-5-4-10-21(15)3/h4-12H,1-3H3,(H,20,23,25)/b16-11+. The van der Waals surface area contributed by atoms with Crippen LogP contribution in [-0.2, 0) is 16.6 Å². The van der Waals surface area contributed by atoms with Crippen LogP contribution < -0.4 is 10.2 Å². The second kappa shape index (κ2) is 6.64. The van der Waals surface area contributed by atoms with Gasteiger partial charge in [-0.25, -0.2) is 0 Å². The highest BCUT2D eigenvalue weighted by molar-refractivity contribution is 7.80. The van der Waals surface area contributed by atoms with Gasteiger partial charge >= 0.3 is 0 Å². The third-order valence-electron chi connectivity index (χ3n) is 4.20. The summed E-state index contributed by atoms with van der Waals surface area (Å²) in [6.07, 6.45) is 3.43. The van der Waals surface area contributed by atoms with E-state index in [2.05, 4.69) is 19.2 Å². The van der Waals surface area contributed by atoms with E-state index >= 15 is 0 Å². The van der Waals surface area contributed by atoms with E-state index in [9.17, 15) is 9.59 Å². The molecule has 2 heterocycles. The van der Waals surface area contributed by atoms with Crippen molar-refractivity contribution in [1.29, 1.82) is 0 Å². The summed E-state index contributed by atoms with van der Waals surface area (Å²) in [5.74, 6) is -0.510. The van der Waals surface area contributed by atoms with Crippen LogP contribution in [0.15, 0.2) is 48.2 Å². The van der Waals surface area contributed by atoms with Crippen LogP contribution in [0.3, 0.4) is 0 Å². The molecule has 0 radical (unpaired) electrons. The van der Waals surface area contributed by atoms with E-state index in [1.165, 1.54) is 10.5 Å². The molecule has 5 nitrogen and oxygen atoms in total. The number of aromatic nitrogens is 1. The number of amides is 2. The number of carbonyl (C=O) groups is 2. The molecular formula is C19H19N3O2S. The number of thiocarbonyl (C=S) groups is 1. The summed E-state index contributed by atoms with van der Waals surface area (Å²) < 4.78 is 1.84. The summed E-state index contributed by atoms with van der Waals surface area (Å²) in [4.78, 5) is 26.5. The zero-order valence-electron chi connectivity index (χ0n) is 14.3. The molecule has 1 aromatic carbocycles. The van der Waals surface area contributed by atoms with Gasteiger partial charge < -0.3 is 4.57 Å². The van der Waals surface area contributed by atoms with Crippen molar-refractivity contribution in [2.24, 2.45) is 7.05 Å². The predicted molar refractivity (Wildman–Crippen MR) is 102 cm³/mol. The fourth-order valence-electron chi connectivity index (χ4n) is 2.67. The van der Waals surface area contributed by atoms with Crippen molar-refractivity contribution >= 4 is 40.9 Å². The third-order valence-corrected chi connectivity index (χ3v) is 4.48. The summed E-state index contributed by atoms with van der Waals surface area (Å²) in [6, 6.07) is 11.3. The number of benzene rings is 1. The van der Waals surface area contributed by atoms with Crippen LogP contribution in [0.4, 0.5) is 5.69 Å². The fraction of sp³-hybridized carbons (Fsp3) is 0.211. The molecule has 2 aromatic rings. The minimum Gasteiger partial charge on any atom is -0.351 e. The van der Waals surface area contributed by atoms with Crippen molar-refractivity contribution in [3.63, 3.8) is 0 Å². The summed E-state index contributed by atoms with van der Waals surface area (Å²) in [5.41, 5.74) is 2.63. The second-order valence-corrected chi connectivity index (χ2v) is 6.63. The van der Waals surface area contributed by atoms with Crippen LogP contribution >= 0.6 is 12.2 Å². The van der Waals surface area contributed by atoms with Gasteiger partial charge in [-0.2, -0.15) is 0 Å².